The van der Waals surface area contributed by atoms with E-state index in [4.69, 9.17) is 11.6 Å². The number of nitrogens with zero attached hydrogens (tertiary/aromatic N) is 3. The highest BCUT2D eigenvalue weighted by molar-refractivity contribution is 6.29. The molecular formula is C20H22ClN3. The van der Waals surface area contributed by atoms with Crippen LogP contribution in [0.4, 0.5) is 0 Å². The molecule has 3 aromatic rings. The summed E-state index contributed by atoms with van der Waals surface area (Å²) in [5, 5.41) is 3.29. The third-order valence-corrected chi connectivity index (χ3v) is 5.47. The quantitative estimate of drug-likeness (QED) is 0.655. The van der Waals surface area contributed by atoms with E-state index in [0.29, 0.717) is 17.2 Å². The van der Waals surface area contributed by atoms with E-state index in [9.17, 15) is 0 Å². The number of hydrogen-bond acceptors (Lipinski definition) is 2. The van der Waals surface area contributed by atoms with E-state index in [2.05, 4.69) is 59.3 Å². The van der Waals surface area contributed by atoms with Crippen molar-refractivity contribution in [1.29, 1.82) is 0 Å². The summed E-state index contributed by atoms with van der Waals surface area (Å²) in [6.45, 7) is 3.13. The Labute approximate surface area is 147 Å². The standard InChI is InChI=1S/C20H22ClN3/c1-14(16-8-7-15-5-3-4-6-17(15)11-16)24(18-9-10-18)13-20-22-12-19(21)23(20)2/h3-8,11-12,14,18H,9-10,13H2,1-2H3. The Kier molecular flexibility index (Phi) is 4.07. The van der Waals surface area contributed by atoms with Crippen LogP contribution in [0.25, 0.3) is 10.8 Å². The van der Waals surface area contributed by atoms with Gasteiger partial charge in [0, 0.05) is 19.1 Å². The molecule has 0 aliphatic heterocycles. The van der Waals surface area contributed by atoms with E-state index in [1.54, 1.807) is 6.20 Å². The average Bonchev–Trinajstić information content (AvgIpc) is 3.40. The Morgan fingerprint density at radius 2 is 1.96 bits per heavy atom. The fraction of sp³-hybridized carbons (Fsp3) is 0.350. The highest BCUT2D eigenvalue weighted by atomic mass is 35.5. The second-order valence-electron chi connectivity index (χ2n) is 6.74. The van der Waals surface area contributed by atoms with Crippen molar-refractivity contribution >= 4 is 22.4 Å². The van der Waals surface area contributed by atoms with Gasteiger partial charge in [-0.05, 0) is 42.2 Å². The van der Waals surface area contributed by atoms with Gasteiger partial charge in [-0.25, -0.2) is 4.98 Å². The Hall–Kier alpha value is -1.84. The first-order valence-electron chi connectivity index (χ1n) is 8.54. The number of fused-ring (bicyclic) bond motifs is 1. The molecule has 0 radical (unpaired) electrons. The van der Waals surface area contributed by atoms with Crippen LogP contribution in [0.3, 0.4) is 0 Å². The summed E-state index contributed by atoms with van der Waals surface area (Å²) in [6.07, 6.45) is 4.29. The van der Waals surface area contributed by atoms with E-state index in [-0.39, 0.29) is 0 Å². The van der Waals surface area contributed by atoms with Gasteiger partial charge in [0.2, 0.25) is 0 Å². The van der Waals surface area contributed by atoms with Gasteiger partial charge in [-0.2, -0.15) is 0 Å². The first kappa shape index (κ1) is 15.7. The number of hydrogen-bond donors (Lipinski definition) is 0. The molecule has 0 amide bonds. The summed E-state index contributed by atoms with van der Waals surface area (Å²) in [5.74, 6) is 1.03. The molecule has 1 aliphatic carbocycles. The van der Waals surface area contributed by atoms with Crippen molar-refractivity contribution in [1.82, 2.24) is 14.5 Å². The van der Waals surface area contributed by atoms with Gasteiger partial charge >= 0.3 is 0 Å². The molecule has 1 unspecified atom stereocenters. The third kappa shape index (κ3) is 2.94. The average molecular weight is 340 g/mol. The van der Waals surface area contributed by atoms with Crippen molar-refractivity contribution in [3.63, 3.8) is 0 Å². The molecule has 1 atom stereocenters. The molecule has 2 aromatic carbocycles. The smallest absolute Gasteiger partial charge is 0.128 e. The minimum atomic E-state index is 0.359. The molecule has 0 N–H and O–H groups in total. The maximum Gasteiger partial charge on any atom is 0.128 e. The van der Waals surface area contributed by atoms with E-state index >= 15 is 0 Å². The fourth-order valence-corrected chi connectivity index (χ4v) is 3.53. The lowest BCUT2D eigenvalue weighted by Crippen LogP contribution is -2.30. The van der Waals surface area contributed by atoms with Gasteiger partial charge in [-0.1, -0.05) is 48.0 Å². The summed E-state index contributed by atoms with van der Waals surface area (Å²) < 4.78 is 1.98. The maximum atomic E-state index is 6.15. The lowest BCUT2D eigenvalue weighted by molar-refractivity contribution is 0.184. The van der Waals surface area contributed by atoms with Crippen molar-refractivity contribution in [3.05, 3.63) is 65.2 Å². The first-order chi connectivity index (χ1) is 11.6. The van der Waals surface area contributed by atoms with Gasteiger partial charge in [0.05, 0.1) is 12.7 Å². The SMILES string of the molecule is CC(c1ccc2ccccc2c1)N(Cc1ncc(Cl)n1C)C1CC1. The zero-order chi connectivity index (χ0) is 16.7. The van der Waals surface area contributed by atoms with Crippen LogP contribution in [0.5, 0.6) is 0 Å². The number of aromatic nitrogens is 2. The molecule has 4 heteroatoms. The van der Waals surface area contributed by atoms with Crippen molar-refractivity contribution in [2.45, 2.75) is 38.4 Å². The topological polar surface area (TPSA) is 21.1 Å². The van der Waals surface area contributed by atoms with Gasteiger partial charge in [0.15, 0.2) is 0 Å². The van der Waals surface area contributed by atoms with Gasteiger partial charge < -0.3 is 4.57 Å². The Morgan fingerprint density at radius 1 is 1.21 bits per heavy atom. The molecule has 0 bridgehead atoms. The minimum Gasteiger partial charge on any atom is -0.321 e. The molecule has 1 saturated carbocycles. The van der Waals surface area contributed by atoms with Crippen LogP contribution in [0.1, 0.15) is 37.2 Å². The van der Waals surface area contributed by atoms with E-state index in [1.165, 1.54) is 29.2 Å². The summed E-state index contributed by atoms with van der Waals surface area (Å²) in [6, 6.07) is 16.4. The van der Waals surface area contributed by atoms with Crippen LogP contribution in [0, 0.1) is 0 Å². The molecule has 1 aromatic heterocycles. The highest BCUT2D eigenvalue weighted by Gasteiger charge is 2.33. The predicted octanol–water partition coefficient (Wildman–Crippen LogP) is 4.95. The number of halogens is 1. The molecule has 1 aliphatic rings. The molecule has 0 saturated heterocycles. The van der Waals surface area contributed by atoms with E-state index < -0.39 is 0 Å². The van der Waals surface area contributed by atoms with Crippen LogP contribution in [-0.4, -0.2) is 20.5 Å². The van der Waals surface area contributed by atoms with Crippen molar-refractivity contribution < 1.29 is 0 Å². The zero-order valence-electron chi connectivity index (χ0n) is 14.1. The molecule has 1 heterocycles. The summed E-state index contributed by atoms with van der Waals surface area (Å²) in [5.41, 5.74) is 1.36. The molecule has 4 rings (SSSR count). The lowest BCUT2D eigenvalue weighted by Gasteiger charge is -2.29. The summed E-state index contributed by atoms with van der Waals surface area (Å²) >= 11 is 6.15. The maximum absolute atomic E-state index is 6.15. The Balaban J connectivity index is 1.63. The van der Waals surface area contributed by atoms with Crippen LogP contribution in [0.2, 0.25) is 5.15 Å². The van der Waals surface area contributed by atoms with Crippen LogP contribution < -0.4 is 0 Å². The monoisotopic (exact) mass is 339 g/mol. The predicted molar refractivity (Wildman–Crippen MR) is 99.1 cm³/mol. The fourth-order valence-electron chi connectivity index (χ4n) is 3.38. The molecule has 3 nitrogen and oxygen atoms in total. The van der Waals surface area contributed by atoms with Crippen LogP contribution >= 0.6 is 11.6 Å². The molecule has 124 valence electrons. The number of rotatable bonds is 5. The number of imidazole rings is 1. The van der Waals surface area contributed by atoms with Crippen molar-refractivity contribution in [2.75, 3.05) is 0 Å². The second-order valence-corrected chi connectivity index (χ2v) is 7.13. The molecular weight excluding hydrogens is 318 g/mol. The molecule has 1 fully saturated rings. The Bertz CT molecular complexity index is 866. The lowest BCUT2D eigenvalue weighted by atomic mass is 10.0. The molecule has 0 spiro atoms. The largest absolute Gasteiger partial charge is 0.321 e. The third-order valence-electron chi connectivity index (χ3n) is 5.12. The number of benzene rings is 2. The van der Waals surface area contributed by atoms with Crippen LogP contribution in [0.15, 0.2) is 48.7 Å². The van der Waals surface area contributed by atoms with Crippen molar-refractivity contribution in [2.24, 2.45) is 7.05 Å². The van der Waals surface area contributed by atoms with Gasteiger partial charge in [-0.3, -0.25) is 4.90 Å². The Morgan fingerprint density at radius 3 is 2.62 bits per heavy atom. The van der Waals surface area contributed by atoms with Crippen LogP contribution in [-0.2, 0) is 13.6 Å². The first-order valence-corrected chi connectivity index (χ1v) is 8.92. The van der Waals surface area contributed by atoms with Crippen molar-refractivity contribution in [3.8, 4) is 0 Å². The molecule has 24 heavy (non-hydrogen) atoms. The summed E-state index contributed by atoms with van der Waals surface area (Å²) in [7, 11) is 1.98. The normalized spacial score (nSPS) is 16.0. The van der Waals surface area contributed by atoms with Gasteiger partial charge in [-0.15, -0.1) is 0 Å². The minimum absolute atomic E-state index is 0.359. The van der Waals surface area contributed by atoms with E-state index in [1.807, 2.05) is 11.6 Å². The van der Waals surface area contributed by atoms with E-state index in [0.717, 1.165) is 12.4 Å². The van der Waals surface area contributed by atoms with Gasteiger partial charge in [0.1, 0.15) is 11.0 Å². The van der Waals surface area contributed by atoms with Gasteiger partial charge in [0.25, 0.3) is 0 Å². The zero-order valence-corrected chi connectivity index (χ0v) is 14.9. The summed E-state index contributed by atoms with van der Waals surface area (Å²) in [4.78, 5) is 7.04. The second kappa shape index (κ2) is 6.23. The highest BCUT2D eigenvalue weighted by Crippen LogP contribution is 2.36.